The van der Waals surface area contributed by atoms with E-state index in [0.29, 0.717) is 32.4 Å². The molecule has 152 valence electrons. The molecule has 1 aromatic carbocycles. The fourth-order valence-corrected chi connectivity index (χ4v) is 5.12. The van der Waals surface area contributed by atoms with Crippen molar-refractivity contribution in [3.63, 3.8) is 0 Å². The average Bonchev–Trinajstić information content (AvgIpc) is 3.46. The van der Waals surface area contributed by atoms with E-state index in [-0.39, 0.29) is 11.3 Å². The highest BCUT2D eigenvalue weighted by atomic mass is 16.5. The second-order valence-corrected chi connectivity index (χ2v) is 8.87. The summed E-state index contributed by atoms with van der Waals surface area (Å²) in [4.78, 5) is 29.4. The molecule has 1 saturated carbocycles. The van der Waals surface area contributed by atoms with Crippen molar-refractivity contribution < 1.29 is 19.9 Å². The molecule has 3 N–H and O–H groups in total. The molecule has 2 saturated heterocycles. The zero-order valence-corrected chi connectivity index (χ0v) is 16.3. The summed E-state index contributed by atoms with van der Waals surface area (Å²) in [7, 11) is 1.89. The first-order chi connectivity index (χ1) is 13.4. The third kappa shape index (κ3) is 3.43. The van der Waals surface area contributed by atoms with Crippen LogP contribution in [0.4, 0.5) is 0 Å². The quantitative estimate of drug-likeness (QED) is 0.534. The number of benzene rings is 1. The van der Waals surface area contributed by atoms with E-state index in [0.717, 1.165) is 24.9 Å². The SMILES string of the molecule is CN1CC2(CC2)CC(C(=O)NO)C1C(=O)N1CCC(O)(c2ccccc2)CC1. The molecule has 0 radical (unpaired) electrons. The largest absolute Gasteiger partial charge is 0.385 e. The normalized spacial score (nSPS) is 28.8. The van der Waals surface area contributed by atoms with Crippen LogP contribution < -0.4 is 5.48 Å². The molecule has 7 nitrogen and oxygen atoms in total. The number of hydrogen-bond donors (Lipinski definition) is 3. The summed E-state index contributed by atoms with van der Waals surface area (Å²) < 4.78 is 0. The van der Waals surface area contributed by atoms with E-state index in [4.69, 9.17) is 0 Å². The van der Waals surface area contributed by atoms with Crippen molar-refractivity contribution in [2.45, 2.75) is 43.7 Å². The Morgan fingerprint density at radius 1 is 1.11 bits per heavy atom. The molecule has 3 aliphatic rings. The Bertz CT molecular complexity index is 741. The van der Waals surface area contributed by atoms with E-state index < -0.39 is 23.5 Å². The summed E-state index contributed by atoms with van der Waals surface area (Å²) in [6, 6.07) is 9.01. The minimum absolute atomic E-state index is 0.0817. The molecular weight excluding hydrogens is 358 g/mol. The molecule has 2 aliphatic heterocycles. The lowest BCUT2D eigenvalue weighted by Crippen LogP contribution is -2.60. The number of carbonyl (C=O) groups is 2. The van der Waals surface area contributed by atoms with Crippen LogP contribution in [0.1, 0.15) is 37.7 Å². The van der Waals surface area contributed by atoms with Crippen LogP contribution in [0.3, 0.4) is 0 Å². The lowest BCUT2D eigenvalue weighted by atomic mass is 9.79. The summed E-state index contributed by atoms with van der Waals surface area (Å²) in [5.41, 5.74) is 1.85. The Hall–Kier alpha value is -1.96. The highest BCUT2D eigenvalue weighted by Crippen LogP contribution is 2.54. The minimum Gasteiger partial charge on any atom is -0.385 e. The highest BCUT2D eigenvalue weighted by Gasteiger charge is 2.55. The maximum absolute atomic E-state index is 13.3. The summed E-state index contributed by atoms with van der Waals surface area (Å²) >= 11 is 0. The molecule has 1 aromatic rings. The van der Waals surface area contributed by atoms with Crippen molar-refractivity contribution in [2.24, 2.45) is 11.3 Å². The molecule has 3 fully saturated rings. The van der Waals surface area contributed by atoms with E-state index in [9.17, 15) is 19.9 Å². The van der Waals surface area contributed by atoms with Crippen LogP contribution in [0, 0.1) is 11.3 Å². The van der Waals surface area contributed by atoms with Gasteiger partial charge in [0.2, 0.25) is 11.8 Å². The number of nitrogens with zero attached hydrogens (tertiary/aromatic N) is 2. The predicted octanol–water partition coefficient (Wildman–Crippen LogP) is 1.10. The van der Waals surface area contributed by atoms with Crippen LogP contribution in [0.25, 0.3) is 0 Å². The number of amides is 2. The molecule has 1 spiro atoms. The zero-order valence-electron chi connectivity index (χ0n) is 16.3. The summed E-state index contributed by atoms with van der Waals surface area (Å²) in [6.45, 7) is 1.71. The second-order valence-electron chi connectivity index (χ2n) is 8.87. The molecule has 28 heavy (non-hydrogen) atoms. The van der Waals surface area contributed by atoms with Gasteiger partial charge in [-0.3, -0.25) is 19.7 Å². The van der Waals surface area contributed by atoms with Gasteiger partial charge in [0.1, 0.15) is 6.04 Å². The first-order valence-corrected chi connectivity index (χ1v) is 10.1. The van der Waals surface area contributed by atoms with E-state index in [1.807, 2.05) is 42.3 Å². The third-order valence-corrected chi connectivity index (χ3v) is 6.96. The molecule has 2 atom stereocenters. The number of hydrogen-bond acceptors (Lipinski definition) is 5. The number of nitrogens with one attached hydrogen (secondary N) is 1. The van der Waals surface area contributed by atoms with Gasteiger partial charge in [-0.25, -0.2) is 5.48 Å². The topological polar surface area (TPSA) is 93.1 Å². The molecule has 2 amide bonds. The van der Waals surface area contributed by atoms with E-state index >= 15 is 0 Å². The Labute approximate surface area is 165 Å². The van der Waals surface area contributed by atoms with Gasteiger partial charge >= 0.3 is 0 Å². The van der Waals surface area contributed by atoms with Crippen molar-refractivity contribution in [2.75, 3.05) is 26.7 Å². The lowest BCUT2D eigenvalue weighted by molar-refractivity contribution is -0.153. The van der Waals surface area contributed by atoms with Gasteiger partial charge in [-0.15, -0.1) is 0 Å². The highest BCUT2D eigenvalue weighted by molar-refractivity contribution is 5.90. The van der Waals surface area contributed by atoms with E-state index in [1.165, 1.54) is 0 Å². The number of rotatable bonds is 3. The fraction of sp³-hybridized carbons (Fsp3) is 0.619. The van der Waals surface area contributed by atoms with Crippen molar-refractivity contribution >= 4 is 11.8 Å². The predicted molar refractivity (Wildman–Crippen MR) is 102 cm³/mol. The van der Waals surface area contributed by atoms with Gasteiger partial charge in [0.15, 0.2) is 0 Å². The van der Waals surface area contributed by atoms with Crippen LogP contribution >= 0.6 is 0 Å². The van der Waals surface area contributed by atoms with E-state index in [2.05, 4.69) is 0 Å². The fourth-order valence-electron chi connectivity index (χ4n) is 5.12. The molecule has 0 bridgehead atoms. The molecular formula is C21H29N3O4. The molecule has 0 aromatic heterocycles. The van der Waals surface area contributed by atoms with Gasteiger partial charge in [0.25, 0.3) is 0 Å². The number of likely N-dealkylation sites (N-methyl/N-ethyl adjacent to an activating group) is 1. The number of aliphatic hydroxyl groups is 1. The van der Waals surface area contributed by atoms with Gasteiger partial charge in [-0.2, -0.15) is 0 Å². The van der Waals surface area contributed by atoms with Crippen molar-refractivity contribution in [3.8, 4) is 0 Å². The summed E-state index contributed by atoms with van der Waals surface area (Å²) in [6.07, 6.45) is 3.73. The summed E-state index contributed by atoms with van der Waals surface area (Å²) in [5.74, 6) is -1.11. The average molecular weight is 387 g/mol. The van der Waals surface area contributed by atoms with Gasteiger partial charge < -0.3 is 10.0 Å². The lowest BCUT2D eigenvalue weighted by Gasteiger charge is -2.45. The molecule has 2 unspecified atom stereocenters. The third-order valence-electron chi connectivity index (χ3n) is 6.96. The second kappa shape index (κ2) is 7.13. The monoisotopic (exact) mass is 387 g/mol. The number of carbonyl (C=O) groups excluding carboxylic acids is 2. The van der Waals surface area contributed by atoms with Crippen molar-refractivity contribution in [1.29, 1.82) is 0 Å². The zero-order chi connectivity index (χ0) is 19.9. The molecule has 1 aliphatic carbocycles. The van der Waals surface area contributed by atoms with E-state index in [1.54, 1.807) is 10.4 Å². The minimum atomic E-state index is -0.920. The first kappa shape index (κ1) is 19.4. The first-order valence-electron chi connectivity index (χ1n) is 10.1. The van der Waals surface area contributed by atoms with Crippen LogP contribution in [0.2, 0.25) is 0 Å². The van der Waals surface area contributed by atoms with Crippen LogP contribution in [0.5, 0.6) is 0 Å². The Balaban J connectivity index is 1.47. The molecule has 4 rings (SSSR count). The Morgan fingerprint density at radius 2 is 1.75 bits per heavy atom. The van der Waals surface area contributed by atoms with Gasteiger partial charge in [-0.05, 0) is 50.1 Å². The van der Waals surface area contributed by atoms with Crippen LogP contribution in [-0.2, 0) is 15.2 Å². The van der Waals surface area contributed by atoms with Gasteiger partial charge in [0, 0.05) is 19.6 Å². The molecule has 2 heterocycles. The smallest absolute Gasteiger partial charge is 0.248 e. The van der Waals surface area contributed by atoms with Crippen LogP contribution in [0.15, 0.2) is 30.3 Å². The maximum Gasteiger partial charge on any atom is 0.248 e. The number of likely N-dealkylation sites (tertiary alicyclic amines) is 2. The van der Waals surface area contributed by atoms with Crippen molar-refractivity contribution in [3.05, 3.63) is 35.9 Å². The standard InChI is InChI=1S/C21H29N3O4/c1-23-14-20(7-8-20)13-16(18(25)22-28)17(23)19(26)24-11-9-21(27,10-12-24)15-5-3-2-4-6-15/h2-6,16-17,27-28H,7-14H2,1H3,(H,22,25). The number of piperidine rings is 2. The number of hydroxylamine groups is 1. The molecule has 7 heteroatoms. The van der Waals surface area contributed by atoms with Crippen LogP contribution in [-0.4, -0.2) is 64.7 Å². The summed E-state index contributed by atoms with van der Waals surface area (Å²) in [5, 5.41) is 20.2. The van der Waals surface area contributed by atoms with Gasteiger partial charge in [-0.1, -0.05) is 30.3 Å². The van der Waals surface area contributed by atoms with Crippen molar-refractivity contribution in [1.82, 2.24) is 15.3 Å². The Kier molecular flexibility index (Phi) is 4.93. The maximum atomic E-state index is 13.3. The Morgan fingerprint density at radius 3 is 2.32 bits per heavy atom. The van der Waals surface area contributed by atoms with Gasteiger partial charge in [0.05, 0.1) is 11.5 Å².